The molecule has 0 atom stereocenters. The van der Waals surface area contributed by atoms with E-state index in [0.717, 1.165) is 51.3 Å². The SMILES string of the molecule is O=C(CN1CCC(C(=O)N2CCOCC2)CC1)Nc1cccc(CN2CCSCC2)c1. The molecule has 4 rings (SSSR count). The quantitative estimate of drug-likeness (QED) is 0.718. The summed E-state index contributed by atoms with van der Waals surface area (Å²) in [5, 5.41) is 3.06. The average molecular weight is 447 g/mol. The van der Waals surface area contributed by atoms with Crippen LogP contribution >= 0.6 is 11.8 Å². The molecule has 2 amide bonds. The lowest BCUT2D eigenvalue weighted by Gasteiger charge is -2.35. The third-order valence-corrected chi connectivity index (χ3v) is 7.29. The Bertz CT molecular complexity index is 742. The summed E-state index contributed by atoms with van der Waals surface area (Å²) < 4.78 is 5.34. The van der Waals surface area contributed by atoms with Crippen LogP contribution in [0.5, 0.6) is 0 Å². The normalized spacial score (nSPS) is 21.7. The first-order valence-corrected chi connectivity index (χ1v) is 12.6. The molecular weight excluding hydrogens is 412 g/mol. The lowest BCUT2D eigenvalue weighted by Crippen LogP contribution is -2.47. The number of benzene rings is 1. The first-order valence-electron chi connectivity index (χ1n) is 11.5. The lowest BCUT2D eigenvalue weighted by molar-refractivity contribution is -0.141. The van der Waals surface area contributed by atoms with Crippen molar-refractivity contribution in [2.24, 2.45) is 5.92 Å². The standard InChI is InChI=1S/C23H34N4O3S/c28-22(24-21-3-1-2-19(16-21)17-26-10-14-31-15-11-26)18-25-6-4-20(5-7-25)23(29)27-8-12-30-13-9-27/h1-3,16,20H,4-15,17-18H2,(H,24,28). The Morgan fingerprint density at radius 3 is 2.48 bits per heavy atom. The van der Waals surface area contributed by atoms with Crippen molar-refractivity contribution in [3.63, 3.8) is 0 Å². The van der Waals surface area contributed by atoms with Gasteiger partial charge in [0.1, 0.15) is 0 Å². The second kappa shape index (κ2) is 11.3. The molecule has 0 saturated carbocycles. The van der Waals surface area contributed by atoms with E-state index in [1.807, 2.05) is 28.8 Å². The third kappa shape index (κ3) is 6.68. The topological polar surface area (TPSA) is 65.1 Å². The van der Waals surface area contributed by atoms with Crippen LogP contribution in [0, 0.1) is 5.92 Å². The fourth-order valence-electron chi connectivity index (χ4n) is 4.55. The van der Waals surface area contributed by atoms with Crippen LogP contribution < -0.4 is 5.32 Å². The number of anilines is 1. The number of thioether (sulfide) groups is 1. The first kappa shape index (κ1) is 22.6. The van der Waals surface area contributed by atoms with Crippen LogP contribution in [0.3, 0.4) is 0 Å². The molecule has 31 heavy (non-hydrogen) atoms. The Morgan fingerprint density at radius 2 is 1.74 bits per heavy atom. The van der Waals surface area contributed by atoms with E-state index < -0.39 is 0 Å². The molecule has 7 nitrogen and oxygen atoms in total. The van der Waals surface area contributed by atoms with Crippen molar-refractivity contribution in [2.75, 3.05) is 75.8 Å². The second-order valence-corrected chi connectivity index (χ2v) is 9.85. The number of hydrogen-bond donors (Lipinski definition) is 1. The predicted molar refractivity (Wildman–Crippen MR) is 124 cm³/mol. The Balaban J connectivity index is 1.20. The molecule has 8 heteroatoms. The highest BCUT2D eigenvalue weighted by atomic mass is 32.2. The maximum Gasteiger partial charge on any atom is 0.238 e. The van der Waals surface area contributed by atoms with Gasteiger partial charge in [-0.25, -0.2) is 0 Å². The maximum atomic E-state index is 12.7. The summed E-state index contributed by atoms with van der Waals surface area (Å²) in [7, 11) is 0. The van der Waals surface area contributed by atoms with Crippen LogP contribution in [0.2, 0.25) is 0 Å². The number of nitrogens with one attached hydrogen (secondary N) is 1. The lowest BCUT2D eigenvalue weighted by atomic mass is 9.95. The molecule has 3 aliphatic rings. The van der Waals surface area contributed by atoms with Crippen molar-refractivity contribution in [3.8, 4) is 0 Å². The molecule has 1 aromatic carbocycles. The highest BCUT2D eigenvalue weighted by Gasteiger charge is 2.29. The van der Waals surface area contributed by atoms with Gasteiger partial charge in [-0.1, -0.05) is 12.1 Å². The molecular formula is C23H34N4O3S. The smallest absolute Gasteiger partial charge is 0.238 e. The highest BCUT2D eigenvalue weighted by molar-refractivity contribution is 7.99. The Kier molecular flexibility index (Phi) is 8.24. The zero-order valence-electron chi connectivity index (χ0n) is 18.3. The van der Waals surface area contributed by atoms with Crippen LogP contribution in [-0.4, -0.2) is 97.0 Å². The fourth-order valence-corrected chi connectivity index (χ4v) is 5.53. The maximum absolute atomic E-state index is 12.7. The minimum Gasteiger partial charge on any atom is -0.378 e. The molecule has 1 N–H and O–H groups in total. The van der Waals surface area contributed by atoms with Crippen LogP contribution in [0.4, 0.5) is 5.69 Å². The van der Waals surface area contributed by atoms with E-state index in [0.29, 0.717) is 32.8 Å². The number of rotatable bonds is 6. The molecule has 0 aromatic heterocycles. The number of nitrogens with zero attached hydrogens (tertiary/aromatic N) is 3. The predicted octanol–water partition coefficient (Wildman–Crippen LogP) is 1.74. The Morgan fingerprint density at radius 1 is 1.00 bits per heavy atom. The van der Waals surface area contributed by atoms with Gasteiger partial charge >= 0.3 is 0 Å². The Hall–Kier alpha value is -1.61. The van der Waals surface area contributed by atoms with Gasteiger partial charge in [-0.2, -0.15) is 11.8 Å². The van der Waals surface area contributed by atoms with Gasteiger partial charge in [-0.15, -0.1) is 0 Å². The number of morpholine rings is 1. The Labute approximate surface area is 189 Å². The fraction of sp³-hybridized carbons (Fsp3) is 0.652. The van der Waals surface area contributed by atoms with Gasteiger partial charge in [0.05, 0.1) is 19.8 Å². The van der Waals surface area contributed by atoms with E-state index in [1.165, 1.54) is 17.1 Å². The van der Waals surface area contributed by atoms with Gasteiger partial charge < -0.3 is 15.0 Å². The summed E-state index contributed by atoms with van der Waals surface area (Å²) in [5.74, 6) is 2.76. The van der Waals surface area contributed by atoms with E-state index in [-0.39, 0.29) is 17.7 Å². The molecule has 170 valence electrons. The summed E-state index contributed by atoms with van der Waals surface area (Å²) in [6.07, 6.45) is 1.65. The summed E-state index contributed by atoms with van der Waals surface area (Å²) >= 11 is 2.02. The second-order valence-electron chi connectivity index (χ2n) is 8.63. The van der Waals surface area contributed by atoms with E-state index in [1.54, 1.807) is 0 Å². The molecule has 0 unspecified atom stereocenters. The molecule has 3 aliphatic heterocycles. The minimum atomic E-state index is 0.0180. The molecule has 0 spiro atoms. The van der Waals surface area contributed by atoms with Crippen molar-refractivity contribution < 1.29 is 14.3 Å². The average Bonchev–Trinajstić information content (AvgIpc) is 2.80. The number of carbonyl (C=O) groups excluding carboxylic acids is 2. The van der Waals surface area contributed by atoms with Gasteiger partial charge in [0.25, 0.3) is 0 Å². The van der Waals surface area contributed by atoms with Crippen LogP contribution in [0.15, 0.2) is 24.3 Å². The minimum absolute atomic E-state index is 0.0180. The van der Waals surface area contributed by atoms with Crippen LogP contribution in [0.1, 0.15) is 18.4 Å². The van der Waals surface area contributed by atoms with Gasteiger partial charge in [0.15, 0.2) is 0 Å². The number of likely N-dealkylation sites (tertiary alicyclic amines) is 1. The summed E-state index contributed by atoms with van der Waals surface area (Å²) in [4.78, 5) is 31.8. The number of amides is 2. The summed E-state index contributed by atoms with van der Waals surface area (Å²) in [5.41, 5.74) is 2.11. The number of carbonyl (C=O) groups is 2. The zero-order valence-corrected chi connectivity index (χ0v) is 19.1. The first-order chi connectivity index (χ1) is 15.2. The van der Waals surface area contributed by atoms with Crippen LogP contribution in [0.25, 0.3) is 0 Å². The zero-order chi connectivity index (χ0) is 21.5. The van der Waals surface area contributed by atoms with E-state index >= 15 is 0 Å². The molecule has 3 heterocycles. The largest absolute Gasteiger partial charge is 0.378 e. The molecule has 0 bridgehead atoms. The van der Waals surface area contributed by atoms with Crippen LogP contribution in [-0.2, 0) is 20.9 Å². The van der Waals surface area contributed by atoms with E-state index in [4.69, 9.17) is 4.74 Å². The van der Waals surface area contributed by atoms with Crippen molar-refractivity contribution >= 4 is 29.3 Å². The number of hydrogen-bond acceptors (Lipinski definition) is 6. The van der Waals surface area contributed by atoms with E-state index in [9.17, 15) is 9.59 Å². The van der Waals surface area contributed by atoms with E-state index in [2.05, 4.69) is 27.2 Å². The monoisotopic (exact) mass is 446 g/mol. The van der Waals surface area contributed by atoms with Gasteiger partial charge in [0.2, 0.25) is 11.8 Å². The summed E-state index contributed by atoms with van der Waals surface area (Å²) in [6.45, 7) is 7.86. The molecule has 0 radical (unpaired) electrons. The highest BCUT2D eigenvalue weighted by Crippen LogP contribution is 2.21. The van der Waals surface area contributed by atoms with Crippen molar-refractivity contribution in [1.29, 1.82) is 0 Å². The molecule has 1 aromatic rings. The number of piperidine rings is 1. The summed E-state index contributed by atoms with van der Waals surface area (Å²) in [6, 6.07) is 8.20. The van der Waals surface area contributed by atoms with Crippen molar-refractivity contribution in [1.82, 2.24) is 14.7 Å². The van der Waals surface area contributed by atoms with Gasteiger partial charge in [0, 0.05) is 55.8 Å². The van der Waals surface area contributed by atoms with Gasteiger partial charge in [-0.3, -0.25) is 19.4 Å². The molecule has 3 saturated heterocycles. The third-order valence-electron chi connectivity index (χ3n) is 6.35. The van der Waals surface area contributed by atoms with Crippen molar-refractivity contribution in [2.45, 2.75) is 19.4 Å². The molecule has 0 aliphatic carbocycles. The number of ether oxygens (including phenoxy) is 1. The van der Waals surface area contributed by atoms with Gasteiger partial charge in [-0.05, 0) is 43.6 Å². The van der Waals surface area contributed by atoms with Crippen molar-refractivity contribution in [3.05, 3.63) is 29.8 Å². The molecule has 3 fully saturated rings.